The third kappa shape index (κ3) is 4.04. The van der Waals surface area contributed by atoms with E-state index in [4.69, 9.17) is 15.0 Å². The fourth-order valence-electron chi connectivity index (χ4n) is 3.29. The number of halogens is 1. The van der Waals surface area contributed by atoms with Gasteiger partial charge in [0.1, 0.15) is 23.9 Å². The van der Waals surface area contributed by atoms with Crippen molar-refractivity contribution in [2.24, 2.45) is 5.73 Å². The van der Waals surface area contributed by atoms with E-state index >= 15 is 0 Å². The normalized spacial score (nSPS) is 15.9. The second kappa shape index (κ2) is 8.13. The Morgan fingerprint density at radius 3 is 2.81 bits per heavy atom. The molecule has 3 aromatic rings. The lowest BCUT2D eigenvalue weighted by Crippen LogP contribution is -2.24. The number of aryl methyl sites for hydroxylation is 1. The lowest BCUT2D eigenvalue weighted by atomic mass is 10.0. The van der Waals surface area contributed by atoms with Crippen LogP contribution in [0.15, 0.2) is 22.7 Å². The van der Waals surface area contributed by atoms with E-state index in [1.807, 2.05) is 25.9 Å². The molecule has 2 unspecified atom stereocenters. The molecule has 4 rings (SSSR count). The molecule has 0 saturated carbocycles. The largest absolute Gasteiger partial charge is 0.491 e. The van der Waals surface area contributed by atoms with Crippen molar-refractivity contribution in [1.29, 1.82) is 0 Å². The molecule has 1 aromatic carbocycles. The third-order valence-corrected chi connectivity index (χ3v) is 6.20. The van der Waals surface area contributed by atoms with Crippen LogP contribution in [0.5, 0.6) is 5.75 Å². The number of carbonyl (C=O) groups excluding carboxylic acids is 1. The molecular weight excluding hydrogens is 419 g/mol. The number of nitrogens with two attached hydrogens (primary N) is 1. The van der Waals surface area contributed by atoms with Gasteiger partial charge in [0, 0.05) is 17.7 Å². The molecule has 2 N–H and O–H groups in total. The van der Waals surface area contributed by atoms with Crippen molar-refractivity contribution in [3.63, 3.8) is 0 Å². The highest BCUT2D eigenvalue weighted by Gasteiger charge is 2.30. The van der Waals surface area contributed by atoms with E-state index in [9.17, 15) is 9.18 Å². The number of primary amides is 1. The molecular formula is C22H21FN4O3S. The number of rotatable bonds is 3. The van der Waals surface area contributed by atoms with Crippen LogP contribution in [-0.4, -0.2) is 41.6 Å². The van der Waals surface area contributed by atoms with E-state index in [-0.39, 0.29) is 22.5 Å². The lowest BCUT2D eigenvalue weighted by molar-refractivity contribution is 0.1000. The summed E-state index contributed by atoms with van der Waals surface area (Å²) in [4.78, 5) is 19.0. The summed E-state index contributed by atoms with van der Waals surface area (Å²) in [5.74, 6) is 5.62. The average molecular weight is 441 g/mol. The Morgan fingerprint density at radius 2 is 2.16 bits per heavy atom. The second-order valence-electron chi connectivity index (χ2n) is 7.57. The SMILES string of the molecule is Cc1cc(C(C)C#Cc2cc3c(cc2F)OCC(N(C)C)c2sc(C(N)=O)nc2-3)no1. The number of hydrogen-bond donors (Lipinski definition) is 1. The molecule has 7 nitrogen and oxygen atoms in total. The molecule has 160 valence electrons. The van der Waals surface area contributed by atoms with Gasteiger partial charge in [0.05, 0.1) is 33.8 Å². The number of likely N-dealkylation sites (N-methyl/N-ethyl adjacent to an activating group) is 1. The molecule has 0 aliphatic carbocycles. The van der Waals surface area contributed by atoms with E-state index in [1.54, 1.807) is 19.1 Å². The van der Waals surface area contributed by atoms with Crippen LogP contribution < -0.4 is 10.5 Å². The van der Waals surface area contributed by atoms with Gasteiger partial charge in [-0.15, -0.1) is 11.3 Å². The molecule has 0 fully saturated rings. The van der Waals surface area contributed by atoms with Crippen molar-refractivity contribution in [3.05, 3.63) is 50.9 Å². The molecule has 1 amide bonds. The molecule has 0 saturated heterocycles. The van der Waals surface area contributed by atoms with Crippen LogP contribution >= 0.6 is 11.3 Å². The number of hydrogen-bond acceptors (Lipinski definition) is 7. The Bertz CT molecular complexity index is 1220. The number of ether oxygens (including phenoxy) is 1. The van der Waals surface area contributed by atoms with Gasteiger partial charge in [0.15, 0.2) is 5.01 Å². The van der Waals surface area contributed by atoms with Crippen molar-refractivity contribution in [3.8, 4) is 28.8 Å². The van der Waals surface area contributed by atoms with Crippen molar-refractivity contribution in [2.75, 3.05) is 20.7 Å². The van der Waals surface area contributed by atoms with Crippen LogP contribution in [0.1, 0.15) is 50.6 Å². The number of benzene rings is 1. The third-order valence-electron chi connectivity index (χ3n) is 5.02. The van der Waals surface area contributed by atoms with Crippen LogP contribution in [0, 0.1) is 24.6 Å². The molecule has 0 bridgehead atoms. The predicted octanol–water partition coefficient (Wildman–Crippen LogP) is 3.49. The molecule has 9 heteroatoms. The molecule has 2 aromatic heterocycles. The van der Waals surface area contributed by atoms with Gasteiger partial charge in [-0.1, -0.05) is 17.0 Å². The molecule has 1 aliphatic heterocycles. The zero-order chi connectivity index (χ0) is 22.3. The molecule has 1 aliphatic rings. The summed E-state index contributed by atoms with van der Waals surface area (Å²) in [6, 6.07) is 4.57. The maximum absolute atomic E-state index is 14.8. The number of aromatic nitrogens is 2. The summed E-state index contributed by atoms with van der Waals surface area (Å²) in [5, 5.41) is 4.16. The predicted molar refractivity (Wildman–Crippen MR) is 114 cm³/mol. The molecule has 31 heavy (non-hydrogen) atoms. The van der Waals surface area contributed by atoms with E-state index in [0.717, 1.165) is 4.88 Å². The smallest absolute Gasteiger partial charge is 0.277 e. The van der Waals surface area contributed by atoms with Crippen LogP contribution in [0.25, 0.3) is 11.3 Å². The highest BCUT2D eigenvalue weighted by atomic mass is 32.1. The van der Waals surface area contributed by atoms with Crippen molar-refractivity contribution in [2.45, 2.75) is 25.8 Å². The average Bonchev–Trinajstić information content (AvgIpc) is 3.31. The minimum Gasteiger partial charge on any atom is -0.491 e. The summed E-state index contributed by atoms with van der Waals surface area (Å²) < 4.78 is 25.8. The van der Waals surface area contributed by atoms with Crippen molar-refractivity contribution in [1.82, 2.24) is 15.0 Å². The van der Waals surface area contributed by atoms with Gasteiger partial charge in [0.25, 0.3) is 5.91 Å². The fourth-order valence-corrected chi connectivity index (χ4v) is 4.40. The molecule has 0 radical (unpaired) electrons. The van der Waals surface area contributed by atoms with Gasteiger partial charge in [-0.3, -0.25) is 9.69 Å². The van der Waals surface area contributed by atoms with Gasteiger partial charge in [-0.05, 0) is 34.0 Å². The van der Waals surface area contributed by atoms with E-state index < -0.39 is 11.7 Å². The Labute approximate surface area is 183 Å². The van der Waals surface area contributed by atoms with E-state index in [0.29, 0.717) is 35.1 Å². The van der Waals surface area contributed by atoms with Crippen LogP contribution in [-0.2, 0) is 0 Å². The van der Waals surface area contributed by atoms with Gasteiger partial charge >= 0.3 is 0 Å². The van der Waals surface area contributed by atoms with Gasteiger partial charge in [-0.25, -0.2) is 9.37 Å². The summed E-state index contributed by atoms with van der Waals surface area (Å²) >= 11 is 1.23. The lowest BCUT2D eigenvalue weighted by Gasteiger charge is -2.21. The van der Waals surface area contributed by atoms with Crippen LogP contribution in [0.2, 0.25) is 0 Å². The minimum absolute atomic E-state index is 0.152. The number of amides is 1. The van der Waals surface area contributed by atoms with Crippen molar-refractivity contribution >= 4 is 17.2 Å². The van der Waals surface area contributed by atoms with Gasteiger partial charge in [-0.2, -0.15) is 0 Å². The zero-order valence-electron chi connectivity index (χ0n) is 17.5. The number of thiazole rings is 1. The minimum atomic E-state index is -0.600. The van der Waals surface area contributed by atoms with Gasteiger partial charge in [0.2, 0.25) is 0 Å². The first kappa shape index (κ1) is 21.0. The first-order valence-corrected chi connectivity index (χ1v) is 10.4. The first-order valence-electron chi connectivity index (χ1n) is 9.63. The van der Waals surface area contributed by atoms with Gasteiger partial charge < -0.3 is 15.0 Å². The van der Waals surface area contributed by atoms with Crippen LogP contribution in [0.4, 0.5) is 4.39 Å². The second-order valence-corrected chi connectivity index (χ2v) is 8.60. The first-order chi connectivity index (χ1) is 14.7. The van der Waals surface area contributed by atoms with Crippen molar-refractivity contribution < 1.29 is 18.4 Å². The molecule has 0 spiro atoms. The topological polar surface area (TPSA) is 94.5 Å². The number of nitrogens with zero attached hydrogens (tertiary/aromatic N) is 3. The molecule has 2 atom stereocenters. The zero-order valence-corrected chi connectivity index (χ0v) is 18.3. The van der Waals surface area contributed by atoms with E-state index in [2.05, 4.69) is 22.0 Å². The summed E-state index contributed by atoms with van der Waals surface area (Å²) in [6.07, 6.45) is 0. The number of carbonyl (C=O) groups is 1. The fraction of sp³-hybridized carbons (Fsp3) is 0.318. The quantitative estimate of drug-likeness (QED) is 0.627. The highest BCUT2D eigenvalue weighted by molar-refractivity contribution is 7.14. The maximum atomic E-state index is 14.8. The standard InChI is InChI=1S/C22H21FN4O3S/c1-11(16-7-12(2)30-26-16)5-6-13-8-14-18(9-15(13)23)29-10-17(27(3)4)20-19(14)25-22(31-20)21(24)28/h7-9,11,17H,10H2,1-4H3,(H2,24,28). The Hall–Kier alpha value is -3.22. The number of fused-ring (bicyclic) bond motifs is 3. The summed E-state index contributed by atoms with van der Waals surface area (Å²) in [7, 11) is 3.81. The Morgan fingerprint density at radius 1 is 1.39 bits per heavy atom. The molecule has 3 heterocycles. The monoisotopic (exact) mass is 440 g/mol. The Balaban J connectivity index is 1.79. The maximum Gasteiger partial charge on any atom is 0.277 e. The van der Waals surface area contributed by atoms with Crippen LogP contribution in [0.3, 0.4) is 0 Å². The summed E-state index contributed by atoms with van der Waals surface area (Å²) in [5.41, 5.74) is 7.50. The summed E-state index contributed by atoms with van der Waals surface area (Å²) in [6.45, 7) is 3.96. The Kier molecular flexibility index (Phi) is 5.52. The van der Waals surface area contributed by atoms with E-state index in [1.165, 1.54) is 17.4 Å². The highest BCUT2D eigenvalue weighted by Crippen LogP contribution is 2.43.